The van der Waals surface area contributed by atoms with E-state index < -0.39 is 10.2 Å². The van der Waals surface area contributed by atoms with Crippen LogP contribution in [-0.4, -0.2) is 60.7 Å². The number of nitrogens with zero attached hydrogens (tertiary/aromatic N) is 4. The van der Waals surface area contributed by atoms with Gasteiger partial charge in [0.05, 0.1) is 12.8 Å². The largest absolute Gasteiger partial charge is 0.381 e. The first-order valence-electron chi connectivity index (χ1n) is 6.64. The average molecular weight is 302 g/mol. The normalized spacial score (nSPS) is 20.4. The van der Waals surface area contributed by atoms with Gasteiger partial charge in [-0.15, -0.1) is 0 Å². The van der Waals surface area contributed by atoms with Crippen molar-refractivity contribution in [3.8, 4) is 0 Å². The van der Waals surface area contributed by atoms with Crippen LogP contribution in [0.1, 0.15) is 24.1 Å². The molecule has 8 heteroatoms. The number of hydrogen-bond donors (Lipinski definition) is 0. The van der Waals surface area contributed by atoms with Crippen molar-refractivity contribution in [2.45, 2.75) is 19.4 Å². The molecular formula is C12H22N4O3S. The fourth-order valence-corrected chi connectivity index (χ4v) is 3.66. The van der Waals surface area contributed by atoms with Gasteiger partial charge in [0.1, 0.15) is 0 Å². The first-order valence-corrected chi connectivity index (χ1v) is 8.03. The van der Waals surface area contributed by atoms with Crippen LogP contribution in [0.5, 0.6) is 0 Å². The Morgan fingerprint density at radius 2 is 2.20 bits per heavy atom. The third-order valence-corrected chi connectivity index (χ3v) is 5.39. The molecular weight excluding hydrogens is 280 g/mol. The third-order valence-electron chi connectivity index (χ3n) is 3.53. The SMILES string of the molecule is CCOC[C@H]1CN(S(=O)(=O)N(C)C)Cc2cnn(C)c21. The Kier molecular flexibility index (Phi) is 4.48. The molecule has 0 N–H and O–H groups in total. The van der Waals surface area contributed by atoms with Crippen molar-refractivity contribution < 1.29 is 13.2 Å². The Morgan fingerprint density at radius 1 is 1.50 bits per heavy atom. The predicted molar refractivity (Wildman–Crippen MR) is 75.5 cm³/mol. The second-order valence-electron chi connectivity index (χ2n) is 5.12. The van der Waals surface area contributed by atoms with E-state index >= 15 is 0 Å². The van der Waals surface area contributed by atoms with E-state index in [-0.39, 0.29) is 5.92 Å². The lowest BCUT2D eigenvalue weighted by molar-refractivity contribution is 0.118. The van der Waals surface area contributed by atoms with Crippen molar-refractivity contribution in [3.63, 3.8) is 0 Å². The van der Waals surface area contributed by atoms with E-state index in [4.69, 9.17) is 4.74 Å². The second-order valence-corrected chi connectivity index (χ2v) is 7.26. The van der Waals surface area contributed by atoms with E-state index in [1.54, 1.807) is 20.3 Å². The van der Waals surface area contributed by atoms with E-state index in [9.17, 15) is 8.42 Å². The molecule has 0 amide bonds. The Morgan fingerprint density at radius 3 is 2.80 bits per heavy atom. The maximum Gasteiger partial charge on any atom is 0.281 e. The van der Waals surface area contributed by atoms with Gasteiger partial charge in [-0.3, -0.25) is 4.68 Å². The van der Waals surface area contributed by atoms with Crippen molar-refractivity contribution in [3.05, 3.63) is 17.5 Å². The van der Waals surface area contributed by atoms with Crippen LogP contribution >= 0.6 is 0 Å². The molecule has 0 aliphatic carbocycles. The molecule has 20 heavy (non-hydrogen) atoms. The molecule has 0 bridgehead atoms. The molecule has 7 nitrogen and oxygen atoms in total. The molecule has 1 aliphatic rings. The molecule has 1 aromatic heterocycles. The van der Waals surface area contributed by atoms with Crippen LogP contribution in [0.3, 0.4) is 0 Å². The van der Waals surface area contributed by atoms with E-state index in [1.165, 1.54) is 8.61 Å². The zero-order valence-corrected chi connectivity index (χ0v) is 13.2. The lowest BCUT2D eigenvalue weighted by Gasteiger charge is -2.33. The van der Waals surface area contributed by atoms with Crippen molar-refractivity contribution >= 4 is 10.2 Å². The summed E-state index contributed by atoms with van der Waals surface area (Å²) in [5.74, 6) is 0.0147. The topological polar surface area (TPSA) is 67.7 Å². The molecule has 0 fully saturated rings. The van der Waals surface area contributed by atoms with Gasteiger partial charge in [-0.2, -0.15) is 22.1 Å². The molecule has 2 rings (SSSR count). The van der Waals surface area contributed by atoms with Gasteiger partial charge in [-0.1, -0.05) is 0 Å². The number of fused-ring (bicyclic) bond motifs is 1. The molecule has 0 saturated heterocycles. The van der Waals surface area contributed by atoms with Crippen LogP contribution in [0, 0.1) is 0 Å². The smallest absolute Gasteiger partial charge is 0.281 e. The van der Waals surface area contributed by atoms with Crippen LogP contribution in [0.25, 0.3) is 0 Å². The standard InChI is InChI=1S/C12H22N4O3S/c1-5-19-9-11-8-16(20(17,18)14(2)3)7-10-6-13-15(4)12(10)11/h6,11H,5,7-9H2,1-4H3/t11-/m1/s1. The minimum atomic E-state index is -3.42. The summed E-state index contributed by atoms with van der Waals surface area (Å²) in [7, 11) is 1.56. The highest BCUT2D eigenvalue weighted by atomic mass is 32.2. The Hall–Kier alpha value is -0.960. The first-order chi connectivity index (χ1) is 9.37. The summed E-state index contributed by atoms with van der Waals surface area (Å²) < 4.78 is 34.7. The predicted octanol–water partition coefficient (Wildman–Crippen LogP) is 0.162. The average Bonchev–Trinajstić information content (AvgIpc) is 2.77. The van der Waals surface area contributed by atoms with Gasteiger partial charge in [-0.05, 0) is 6.92 Å². The van der Waals surface area contributed by atoms with Crippen molar-refractivity contribution in [1.29, 1.82) is 0 Å². The summed E-state index contributed by atoms with van der Waals surface area (Å²) in [5.41, 5.74) is 2.03. The van der Waals surface area contributed by atoms with Crippen molar-refractivity contribution in [2.24, 2.45) is 7.05 Å². The molecule has 0 spiro atoms. The van der Waals surface area contributed by atoms with Crippen molar-refractivity contribution in [2.75, 3.05) is 33.9 Å². The summed E-state index contributed by atoms with van der Waals surface area (Å²) in [6, 6.07) is 0. The summed E-state index contributed by atoms with van der Waals surface area (Å²) >= 11 is 0. The van der Waals surface area contributed by atoms with E-state index in [2.05, 4.69) is 5.10 Å². The zero-order chi connectivity index (χ0) is 14.9. The quantitative estimate of drug-likeness (QED) is 0.777. The van der Waals surface area contributed by atoms with Gasteiger partial charge >= 0.3 is 0 Å². The minimum absolute atomic E-state index is 0.0147. The van der Waals surface area contributed by atoms with Gasteiger partial charge in [0.2, 0.25) is 0 Å². The summed E-state index contributed by atoms with van der Waals surface area (Å²) in [6.07, 6.45) is 1.74. The monoisotopic (exact) mass is 302 g/mol. The molecule has 2 heterocycles. The maximum absolute atomic E-state index is 12.3. The van der Waals surface area contributed by atoms with Gasteiger partial charge in [0.25, 0.3) is 10.2 Å². The first kappa shape index (κ1) is 15.4. The van der Waals surface area contributed by atoms with Gasteiger partial charge < -0.3 is 4.74 Å². The Balaban J connectivity index is 2.31. The van der Waals surface area contributed by atoms with Gasteiger partial charge in [0.15, 0.2) is 0 Å². The second kappa shape index (κ2) is 5.80. The minimum Gasteiger partial charge on any atom is -0.381 e. The van der Waals surface area contributed by atoms with Crippen molar-refractivity contribution in [1.82, 2.24) is 18.4 Å². The zero-order valence-electron chi connectivity index (χ0n) is 12.4. The molecule has 1 aliphatic heterocycles. The van der Waals surface area contributed by atoms with E-state index in [0.717, 1.165) is 11.3 Å². The molecule has 0 saturated carbocycles. The summed E-state index contributed by atoms with van der Waals surface area (Å²) in [4.78, 5) is 0. The third kappa shape index (κ3) is 2.73. The summed E-state index contributed by atoms with van der Waals surface area (Å²) in [5, 5.41) is 4.24. The number of rotatable bonds is 5. The van der Waals surface area contributed by atoms with Crippen LogP contribution in [0.4, 0.5) is 0 Å². The number of ether oxygens (including phenoxy) is 1. The highest BCUT2D eigenvalue weighted by molar-refractivity contribution is 7.86. The maximum atomic E-state index is 12.3. The van der Waals surface area contributed by atoms with Crippen LogP contribution < -0.4 is 0 Å². The summed E-state index contributed by atoms with van der Waals surface area (Å²) in [6.45, 7) is 3.84. The number of hydrogen-bond acceptors (Lipinski definition) is 4. The Labute approximate surface area is 120 Å². The number of aryl methyl sites for hydroxylation is 1. The Bertz CT molecular complexity index is 567. The van der Waals surface area contributed by atoms with Crippen LogP contribution in [0.15, 0.2) is 6.20 Å². The van der Waals surface area contributed by atoms with Gasteiger partial charge in [0, 0.05) is 58.0 Å². The van der Waals surface area contributed by atoms with Crippen LogP contribution in [-0.2, 0) is 28.5 Å². The van der Waals surface area contributed by atoms with E-state index in [1.807, 2.05) is 18.7 Å². The highest BCUT2D eigenvalue weighted by Crippen LogP contribution is 2.30. The lowest BCUT2D eigenvalue weighted by atomic mass is 9.99. The molecule has 0 radical (unpaired) electrons. The molecule has 0 unspecified atom stereocenters. The molecule has 0 aromatic carbocycles. The molecule has 114 valence electrons. The number of aromatic nitrogens is 2. The molecule has 1 aromatic rings. The lowest BCUT2D eigenvalue weighted by Crippen LogP contribution is -2.45. The van der Waals surface area contributed by atoms with Gasteiger partial charge in [-0.25, -0.2) is 0 Å². The van der Waals surface area contributed by atoms with E-state index in [0.29, 0.717) is 26.3 Å². The highest BCUT2D eigenvalue weighted by Gasteiger charge is 2.35. The molecule has 1 atom stereocenters. The fraction of sp³-hybridized carbons (Fsp3) is 0.750. The van der Waals surface area contributed by atoms with Crippen LogP contribution in [0.2, 0.25) is 0 Å². The fourth-order valence-electron chi connectivity index (χ4n) is 2.53.